The van der Waals surface area contributed by atoms with Gasteiger partial charge in [-0.15, -0.1) is 0 Å². The van der Waals surface area contributed by atoms with Crippen molar-refractivity contribution in [2.24, 2.45) is 0 Å². The highest BCUT2D eigenvalue weighted by atomic mass is 35.5. The van der Waals surface area contributed by atoms with Crippen LogP contribution in [0.1, 0.15) is 35.1 Å². The average Bonchev–Trinajstić information content (AvgIpc) is 2.87. The summed E-state index contributed by atoms with van der Waals surface area (Å²) in [5.41, 5.74) is 2.02. The first-order valence-electron chi connectivity index (χ1n) is 6.15. The van der Waals surface area contributed by atoms with Gasteiger partial charge in [0.15, 0.2) is 5.69 Å². The predicted molar refractivity (Wildman–Crippen MR) is 73.2 cm³/mol. The number of esters is 1. The summed E-state index contributed by atoms with van der Waals surface area (Å²) in [6.07, 6.45) is 1.86. The number of halogens is 1. The van der Waals surface area contributed by atoms with Crippen molar-refractivity contribution in [2.75, 3.05) is 0 Å². The topological polar surface area (TPSA) is 55.0 Å². The Hall–Kier alpha value is -1.81. The van der Waals surface area contributed by atoms with E-state index in [2.05, 4.69) is 17.1 Å². The second-order valence-electron chi connectivity index (χ2n) is 4.20. The smallest absolute Gasteiger partial charge is 0.359 e. The number of rotatable bonds is 5. The van der Waals surface area contributed by atoms with Gasteiger partial charge >= 0.3 is 5.97 Å². The molecule has 100 valence electrons. The number of ether oxygens (including phenoxy) is 1. The number of nitrogens with one attached hydrogen (secondary N) is 1. The van der Waals surface area contributed by atoms with Gasteiger partial charge in [0.1, 0.15) is 6.61 Å². The van der Waals surface area contributed by atoms with Crippen LogP contribution in [0.5, 0.6) is 0 Å². The number of benzene rings is 1. The first-order chi connectivity index (χ1) is 9.20. The Bertz CT molecular complexity index is 566. The van der Waals surface area contributed by atoms with Crippen LogP contribution in [-0.2, 0) is 17.8 Å². The lowest BCUT2D eigenvalue weighted by molar-refractivity contribution is 0.0466. The van der Waals surface area contributed by atoms with E-state index in [1.54, 1.807) is 12.1 Å². The third kappa shape index (κ3) is 3.58. The summed E-state index contributed by atoms with van der Waals surface area (Å²) in [6.45, 7) is 2.21. The molecule has 0 bridgehead atoms. The minimum atomic E-state index is -0.446. The van der Waals surface area contributed by atoms with Crippen molar-refractivity contribution < 1.29 is 9.53 Å². The Morgan fingerprint density at radius 2 is 2.21 bits per heavy atom. The highest BCUT2D eigenvalue weighted by Crippen LogP contribution is 2.16. The molecule has 1 heterocycles. The molecule has 19 heavy (non-hydrogen) atoms. The average molecular weight is 279 g/mol. The largest absolute Gasteiger partial charge is 0.456 e. The van der Waals surface area contributed by atoms with E-state index in [-0.39, 0.29) is 6.61 Å². The second kappa shape index (κ2) is 6.38. The number of nitrogens with zero attached hydrogens (tertiary/aromatic N) is 1. The van der Waals surface area contributed by atoms with Gasteiger partial charge in [-0.2, -0.15) is 5.10 Å². The van der Waals surface area contributed by atoms with E-state index in [0.717, 1.165) is 24.1 Å². The third-order valence-electron chi connectivity index (χ3n) is 2.68. The Balaban J connectivity index is 1.95. The summed E-state index contributed by atoms with van der Waals surface area (Å²) in [6, 6.07) is 8.99. The number of hydrogen-bond donors (Lipinski definition) is 1. The lowest BCUT2D eigenvalue weighted by Gasteiger charge is -2.04. The number of aromatic amines is 1. The van der Waals surface area contributed by atoms with Crippen molar-refractivity contribution in [3.8, 4) is 0 Å². The molecular weight excluding hydrogens is 264 g/mol. The lowest BCUT2D eigenvalue weighted by Crippen LogP contribution is -2.06. The standard InChI is InChI=1S/C14H15ClN2O2/c1-2-5-11-8-13(17-16-11)14(18)19-9-10-6-3-4-7-12(10)15/h3-4,6-8H,2,5,9H2,1H3,(H,16,17). The molecule has 1 aromatic carbocycles. The Kier molecular flexibility index (Phi) is 4.58. The number of aryl methyl sites for hydroxylation is 1. The molecule has 0 saturated carbocycles. The first-order valence-corrected chi connectivity index (χ1v) is 6.53. The Morgan fingerprint density at radius 1 is 1.42 bits per heavy atom. The summed E-state index contributed by atoms with van der Waals surface area (Å²) in [7, 11) is 0. The van der Waals surface area contributed by atoms with Crippen molar-refractivity contribution >= 4 is 17.6 Å². The van der Waals surface area contributed by atoms with Crippen LogP contribution in [0.15, 0.2) is 30.3 Å². The minimum Gasteiger partial charge on any atom is -0.456 e. The van der Waals surface area contributed by atoms with Gasteiger partial charge in [-0.25, -0.2) is 4.79 Å². The fraction of sp³-hybridized carbons (Fsp3) is 0.286. The van der Waals surface area contributed by atoms with Crippen LogP contribution in [0.3, 0.4) is 0 Å². The summed E-state index contributed by atoms with van der Waals surface area (Å²) in [5, 5.41) is 7.34. The zero-order chi connectivity index (χ0) is 13.7. The van der Waals surface area contributed by atoms with Crippen molar-refractivity contribution in [3.05, 3.63) is 52.3 Å². The Morgan fingerprint density at radius 3 is 2.95 bits per heavy atom. The number of carbonyl (C=O) groups is 1. The molecule has 1 aromatic heterocycles. The zero-order valence-electron chi connectivity index (χ0n) is 10.6. The Labute approximate surface area is 116 Å². The number of H-pyrrole nitrogens is 1. The molecule has 1 N–H and O–H groups in total. The van der Waals surface area contributed by atoms with Crippen LogP contribution in [0.25, 0.3) is 0 Å². The van der Waals surface area contributed by atoms with Crippen LogP contribution in [0.2, 0.25) is 5.02 Å². The van der Waals surface area contributed by atoms with Gasteiger partial charge in [0.05, 0.1) is 0 Å². The van der Waals surface area contributed by atoms with Crippen molar-refractivity contribution in [2.45, 2.75) is 26.4 Å². The monoisotopic (exact) mass is 278 g/mol. The van der Waals surface area contributed by atoms with Gasteiger partial charge in [-0.05, 0) is 18.6 Å². The van der Waals surface area contributed by atoms with Gasteiger partial charge in [0.2, 0.25) is 0 Å². The highest BCUT2D eigenvalue weighted by Gasteiger charge is 2.12. The van der Waals surface area contributed by atoms with Crippen LogP contribution >= 0.6 is 11.6 Å². The molecule has 0 fully saturated rings. The first kappa shape index (κ1) is 13.6. The molecule has 5 heteroatoms. The zero-order valence-corrected chi connectivity index (χ0v) is 11.4. The molecular formula is C14H15ClN2O2. The summed E-state index contributed by atoms with van der Waals surface area (Å²) < 4.78 is 5.18. The molecule has 0 spiro atoms. The van der Waals surface area contributed by atoms with E-state index >= 15 is 0 Å². The van der Waals surface area contributed by atoms with E-state index in [1.165, 1.54) is 0 Å². The summed E-state index contributed by atoms with van der Waals surface area (Å²) >= 11 is 5.99. The fourth-order valence-electron chi connectivity index (χ4n) is 1.70. The molecule has 0 aliphatic heterocycles. The van der Waals surface area contributed by atoms with Crippen molar-refractivity contribution in [3.63, 3.8) is 0 Å². The molecule has 4 nitrogen and oxygen atoms in total. The molecule has 0 aliphatic carbocycles. The molecule has 0 aliphatic rings. The van der Waals surface area contributed by atoms with Crippen molar-refractivity contribution in [1.82, 2.24) is 10.2 Å². The predicted octanol–water partition coefficient (Wildman–Crippen LogP) is 3.37. The second-order valence-corrected chi connectivity index (χ2v) is 4.60. The molecule has 0 radical (unpaired) electrons. The molecule has 2 aromatic rings. The van der Waals surface area contributed by atoms with E-state index in [4.69, 9.17) is 16.3 Å². The van der Waals surface area contributed by atoms with E-state index in [0.29, 0.717) is 10.7 Å². The molecule has 0 saturated heterocycles. The van der Waals surface area contributed by atoms with Gasteiger partial charge < -0.3 is 4.74 Å². The fourth-order valence-corrected chi connectivity index (χ4v) is 1.89. The number of aromatic nitrogens is 2. The van der Waals surface area contributed by atoms with Gasteiger partial charge in [-0.3, -0.25) is 5.10 Å². The number of carbonyl (C=O) groups excluding carboxylic acids is 1. The normalized spacial score (nSPS) is 10.4. The minimum absolute atomic E-state index is 0.147. The molecule has 0 unspecified atom stereocenters. The van der Waals surface area contributed by atoms with Gasteiger partial charge in [0.25, 0.3) is 0 Å². The van der Waals surface area contributed by atoms with E-state index < -0.39 is 5.97 Å². The highest BCUT2D eigenvalue weighted by molar-refractivity contribution is 6.31. The number of hydrogen-bond acceptors (Lipinski definition) is 3. The van der Waals surface area contributed by atoms with Crippen LogP contribution in [0, 0.1) is 0 Å². The quantitative estimate of drug-likeness (QED) is 0.853. The summed E-state index contributed by atoms with van der Waals surface area (Å²) in [4.78, 5) is 11.8. The SMILES string of the molecule is CCCc1cc(C(=O)OCc2ccccc2Cl)n[nH]1. The maximum absolute atomic E-state index is 11.8. The van der Waals surface area contributed by atoms with E-state index in [1.807, 2.05) is 18.2 Å². The van der Waals surface area contributed by atoms with E-state index in [9.17, 15) is 4.79 Å². The van der Waals surface area contributed by atoms with Crippen molar-refractivity contribution in [1.29, 1.82) is 0 Å². The van der Waals surface area contributed by atoms with Crippen LogP contribution < -0.4 is 0 Å². The van der Waals surface area contributed by atoms with Gasteiger partial charge in [-0.1, -0.05) is 43.1 Å². The van der Waals surface area contributed by atoms with Crippen LogP contribution in [-0.4, -0.2) is 16.2 Å². The maximum Gasteiger partial charge on any atom is 0.359 e. The van der Waals surface area contributed by atoms with Crippen LogP contribution in [0.4, 0.5) is 0 Å². The molecule has 2 rings (SSSR count). The molecule has 0 atom stereocenters. The summed E-state index contributed by atoms with van der Waals surface area (Å²) in [5.74, 6) is -0.446. The third-order valence-corrected chi connectivity index (χ3v) is 3.04. The van der Waals surface area contributed by atoms with Gasteiger partial charge in [0, 0.05) is 16.3 Å². The maximum atomic E-state index is 11.8. The lowest BCUT2D eigenvalue weighted by atomic mass is 10.2. The molecule has 0 amide bonds.